The number of benzene rings is 3. The summed E-state index contributed by atoms with van der Waals surface area (Å²) in [5.41, 5.74) is 2.95. The number of hydrogen-bond donors (Lipinski definition) is 0. The van der Waals surface area contributed by atoms with Crippen molar-refractivity contribution in [3.05, 3.63) is 129 Å². The van der Waals surface area contributed by atoms with Crippen molar-refractivity contribution >= 4 is 58.2 Å². The van der Waals surface area contributed by atoms with Crippen LogP contribution in [0, 0.1) is 0 Å². The summed E-state index contributed by atoms with van der Waals surface area (Å²) in [4.78, 5) is 31.8. The Hall–Kier alpha value is -3.36. The minimum atomic E-state index is -0.690. The molecule has 1 aliphatic heterocycles. The molecule has 204 valence electrons. The van der Waals surface area contributed by atoms with E-state index in [1.807, 2.05) is 30.3 Å². The van der Waals surface area contributed by atoms with Gasteiger partial charge in [-0.15, -0.1) is 0 Å². The van der Waals surface area contributed by atoms with Gasteiger partial charge in [0.1, 0.15) is 12.4 Å². The molecule has 4 aromatic rings. The van der Waals surface area contributed by atoms with Gasteiger partial charge in [0.05, 0.1) is 28.5 Å². The largest absolute Gasteiger partial charge is 0.489 e. The Balaban J connectivity index is 1.48. The lowest BCUT2D eigenvalue weighted by Crippen LogP contribution is -2.39. The van der Waals surface area contributed by atoms with E-state index in [0.29, 0.717) is 48.0 Å². The molecule has 40 heavy (non-hydrogen) atoms. The summed E-state index contributed by atoms with van der Waals surface area (Å²) >= 11 is 19.6. The summed E-state index contributed by atoms with van der Waals surface area (Å²) in [5, 5.41) is 1.66. The zero-order chi connectivity index (χ0) is 28.4. The van der Waals surface area contributed by atoms with E-state index in [9.17, 15) is 9.59 Å². The molecule has 0 spiro atoms. The molecule has 1 aliphatic rings. The third-order valence-electron chi connectivity index (χ3n) is 6.29. The summed E-state index contributed by atoms with van der Waals surface area (Å²) in [6.07, 6.45) is 1.80. The second-order valence-corrected chi connectivity index (χ2v) is 11.2. The first-order chi connectivity index (χ1) is 19.2. The molecule has 0 unspecified atom stereocenters. The molecule has 0 N–H and O–H groups in total. The van der Waals surface area contributed by atoms with E-state index in [-0.39, 0.29) is 12.2 Å². The predicted molar refractivity (Wildman–Crippen MR) is 159 cm³/mol. The Kier molecular flexibility index (Phi) is 8.47. The molecule has 0 fully saturated rings. The minimum Gasteiger partial charge on any atom is -0.489 e. The highest BCUT2D eigenvalue weighted by Crippen LogP contribution is 2.31. The average Bonchev–Trinajstić information content (AvgIpc) is 3.23. The second kappa shape index (κ2) is 12.0. The molecule has 0 bridgehead atoms. The highest BCUT2D eigenvalue weighted by molar-refractivity contribution is 7.07. The molecule has 0 radical (unpaired) electrons. The first kappa shape index (κ1) is 28.2. The van der Waals surface area contributed by atoms with Crippen LogP contribution in [0.25, 0.3) is 6.08 Å². The summed E-state index contributed by atoms with van der Waals surface area (Å²) < 4.78 is 13.2. The van der Waals surface area contributed by atoms with Gasteiger partial charge in [-0.05, 0) is 67.4 Å². The van der Waals surface area contributed by atoms with Crippen LogP contribution in [0.4, 0.5) is 0 Å². The Morgan fingerprint density at radius 1 is 1.02 bits per heavy atom. The van der Waals surface area contributed by atoms with Gasteiger partial charge in [-0.3, -0.25) is 9.36 Å². The highest BCUT2D eigenvalue weighted by atomic mass is 35.5. The molecule has 5 rings (SSSR count). The first-order valence-electron chi connectivity index (χ1n) is 12.4. The maximum Gasteiger partial charge on any atom is 0.338 e. The van der Waals surface area contributed by atoms with Crippen LogP contribution in [-0.4, -0.2) is 17.1 Å². The Morgan fingerprint density at radius 2 is 1.73 bits per heavy atom. The Bertz CT molecular complexity index is 1790. The van der Waals surface area contributed by atoms with E-state index in [2.05, 4.69) is 4.99 Å². The van der Waals surface area contributed by atoms with E-state index in [1.54, 1.807) is 60.9 Å². The fraction of sp³-hybridized carbons (Fsp3) is 0.167. The van der Waals surface area contributed by atoms with Crippen molar-refractivity contribution in [3.8, 4) is 5.75 Å². The summed E-state index contributed by atoms with van der Waals surface area (Å²) in [7, 11) is 0. The van der Waals surface area contributed by atoms with Crippen molar-refractivity contribution in [2.45, 2.75) is 26.5 Å². The fourth-order valence-corrected chi connectivity index (χ4v) is 6.00. The van der Waals surface area contributed by atoms with Crippen LogP contribution in [0.1, 0.15) is 36.6 Å². The normalized spacial score (nSPS) is 15.0. The van der Waals surface area contributed by atoms with E-state index in [1.165, 1.54) is 11.3 Å². The predicted octanol–water partition coefficient (Wildman–Crippen LogP) is 6.34. The summed E-state index contributed by atoms with van der Waals surface area (Å²) in [6.45, 7) is 3.99. The zero-order valence-corrected chi connectivity index (χ0v) is 24.6. The van der Waals surface area contributed by atoms with Gasteiger partial charge in [0.2, 0.25) is 0 Å². The van der Waals surface area contributed by atoms with Crippen molar-refractivity contribution < 1.29 is 14.3 Å². The summed E-state index contributed by atoms with van der Waals surface area (Å²) in [6, 6.07) is 19.0. The smallest absolute Gasteiger partial charge is 0.338 e. The van der Waals surface area contributed by atoms with Gasteiger partial charge in [-0.1, -0.05) is 76.5 Å². The maximum absolute atomic E-state index is 13.7. The number of fused-ring (bicyclic) bond motifs is 1. The first-order valence-corrected chi connectivity index (χ1v) is 14.3. The van der Waals surface area contributed by atoms with Crippen LogP contribution < -0.4 is 19.6 Å². The number of aromatic nitrogens is 1. The number of hydrogen-bond acceptors (Lipinski definition) is 6. The van der Waals surface area contributed by atoms with Gasteiger partial charge in [0.25, 0.3) is 5.56 Å². The standard InChI is InChI=1S/C30H23Cl3N2O4S/c1-3-38-29(37)26-17(2)34-30-35(27(26)19-6-9-21(31)10-7-19)28(36)25(40-30)14-18-4-12-23(13-5-18)39-16-20-8-11-22(32)15-24(20)33/h4-15,27H,3,16H2,1-2H3/b25-14-/t27-/m1/s1. The van der Waals surface area contributed by atoms with Crippen molar-refractivity contribution in [3.63, 3.8) is 0 Å². The number of halogens is 3. The fourth-order valence-electron chi connectivity index (χ4n) is 4.36. The van der Waals surface area contributed by atoms with E-state index < -0.39 is 12.0 Å². The highest BCUT2D eigenvalue weighted by Gasteiger charge is 2.33. The number of carbonyl (C=O) groups excluding carboxylic acids is 1. The van der Waals surface area contributed by atoms with Crippen LogP contribution in [0.15, 0.2) is 87.8 Å². The quantitative estimate of drug-likeness (QED) is 0.228. The SMILES string of the molecule is CCOC(=O)C1=C(C)N=c2s/c(=C\c3ccc(OCc4ccc(Cl)cc4Cl)cc3)c(=O)n2[C@@H]1c1ccc(Cl)cc1. The molecule has 0 saturated carbocycles. The lowest BCUT2D eigenvalue weighted by atomic mass is 9.96. The van der Waals surface area contributed by atoms with Crippen LogP contribution >= 0.6 is 46.1 Å². The maximum atomic E-state index is 13.7. The minimum absolute atomic E-state index is 0.208. The molecule has 0 aliphatic carbocycles. The Morgan fingerprint density at radius 3 is 2.40 bits per heavy atom. The van der Waals surface area contributed by atoms with Crippen molar-refractivity contribution in [2.75, 3.05) is 6.61 Å². The zero-order valence-electron chi connectivity index (χ0n) is 21.5. The molecular formula is C30H23Cl3N2O4S. The van der Waals surface area contributed by atoms with Crippen LogP contribution in [0.5, 0.6) is 5.75 Å². The van der Waals surface area contributed by atoms with Gasteiger partial charge in [-0.25, -0.2) is 9.79 Å². The molecule has 0 saturated heterocycles. The lowest BCUT2D eigenvalue weighted by Gasteiger charge is -2.24. The number of esters is 1. The van der Waals surface area contributed by atoms with Gasteiger partial charge >= 0.3 is 5.97 Å². The second-order valence-electron chi connectivity index (χ2n) is 8.95. The van der Waals surface area contributed by atoms with E-state index in [4.69, 9.17) is 44.3 Å². The average molecular weight is 614 g/mol. The van der Waals surface area contributed by atoms with Crippen LogP contribution in [-0.2, 0) is 16.1 Å². The summed E-state index contributed by atoms with van der Waals surface area (Å²) in [5.74, 6) is 0.149. The molecule has 10 heteroatoms. The molecular weight excluding hydrogens is 591 g/mol. The van der Waals surface area contributed by atoms with E-state index >= 15 is 0 Å². The number of thiazole rings is 1. The molecule has 2 heterocycles. The lowest BCUT2D eigenvalue weighted by molar-refractivity contribution is -0.139. The molecule has 0 amide bonds. The van der Waals surface area contributed by atoms with Gasteiger partial charge in [0, 0.05) is 20.6 Å². The van der Waals surface area contributed by atoms with Crippen LogP contribution in [0.2, 0.25) is 15.1 Å². The third-order valence-corrected chi connectivity index (χ3v) is 8.11. The van der Waals surface area contributed by atoms with Gasteiger partial charge < -0.3 is 9.47 Å². The monoisotopic (exact) mass is 612 g/mol. The van der Waals surface area contributed by atoms with Crippen molar-refractivity contribution in [2.24, 2.45) is 4.99 Å². The molecule has 1 atom stereocenters. The number of ether oxygens (including phenoxy) is 2. The number of carbonyl (C=O) groups is 1. The molecule has 3 aromatic carbocycles. The van der Waals surface area contributed by atoms with Crippen molar-refractivity contribution in [1.82, 2.24) is 4.57 Å². The van der Waals surface area contributed by atoms with E-state index in [0.717, 1.165) is 16.7 Å². The van der Waals surface area contributed by atoms with Crippen molar-refractivity contribution in [1.29, 1.82) is 0 Å². The Labute approximate surface area is 249 Å². The molecule has 1 aromatic heterocycles. The molecule has 6 nitrogen and oxygen atoms in total. The number of rotatable bonds is 7. The van der Waals surface area contributed by atoms with Gasteiger partial charge in [0.15, 0.2) is 4.80 Å². The number of nitrogens with zero attached hydrogens (tertiary/aromatic N) is 2. The number of allylic oxidation sites excluding steroid dienone is 1. The van der Waals surface area contributed by atoms with Crippen LogP contribution in [0.3, 0.4) is 0 Å². The van der Waals surface area contributed by atoms with Gasteiger partial charge in [-0.2, -0.15) is 0 Å². The third kappa shape index (κ3) is 5.88. The topological polar surface area (TPSA) is 69.9 Å².